The van der Waals surface area contributed by atoms with Crippen LogP contribution in [-0.4, -0.2) is 11.8 Å². The molecule has 1 aliphatic rings. The molecular weight excluding hydrogens is 404 g/mol. The van der Waals surface area contributed by atoms with Crippen molar-refractivity contribution in [2.45, 2.75) is 0 Å². The molecule has 0 saturated heterocycles. The van der Waals surface area contributed by atoms with E-state index in [9.17, 15) is 9.59 Å². The predicted molar refractivity (Wildman–Crippen MR) is 112 cm³/mol. The maximum Gasteiger partial charge on any atom is 0.379 e. The zero-order chi connectivity index (χ0) is 20.7. The standard InChI is InChI=1S/C24H13ClO5/c25-16-6-9-19-15(11-16)12-22(29-19)24(27)28-17-7-8-18-20(13-17)30-21(23(18)26)10-14-4-2-1-3-5-14/h1-13H/b21-10-. The summed E-state index contributed by atoms with van der Waals surface area (Å²) < 4.78 is 16.6. The van der Waals surface area contributed by atoms with Crippen molar-refractivity contribution in [2.75, 3.05) is 0 Å². The Kier molecular flexibility index (Phi) is 4.38. The Labute approximate surface area is 176 Å². The fraction of sp³-hybridized carbons (Fsp3) is 0. The molecule has 146 valence electrons. The number of esters is 1. The van der Waals surface area contributed by atoms with Crippen LogP contribution in [0.4, 0.5) is 0 Å². The Bertz CT molecular complexity index is 1330. The van der Waals surface area contributed by atoms with Gasteiger partial charge in [-0.15, -0.1) is 0 Å². The van der Waals surface area contributed by atoms with Crippen molar-refractivity contribution in [2.24, 2.45) is 0 Å². The van der Waals surface area contributed by atoms with Crippen molar-refractivity contribution in [1.29, 1.82) is 0 Å². The molecule has 1 aromatic heterocycles. The first kappa shape index (κ1) is 18.2. The summed E-state index contributed by atoms with van der Waals surface area (Å²) >= 11 is 5.96. The third kappa shape index (κ3) is 3.36. The topological polar surface area (TPSA) is 65.7 Å². The second kappa shape index (κ2) is 7.21. The first-order chi connectivity index (χ1) is 14.6. The molecule has 30 heavy (non-hydrogen) atoms. The van der Waals surface area contributed by atoms with Gasteiger partial charge in [0, 0.05) is 16.5 Å². The van der Waals surface area contributed by atoms with Crippen molar-refractivity contribution in [3.63, 3.8) is 0 Å². The highest BCUT2D eigenvalue weighted by atomic mass is 35.5. The van der Waals surface area contributed by atoms with E-state index in [0.717, 1.165) is 5.56 Å². The van der Waals surface area contributed by atoms with Gasteiger partial charge in [0.2, 0.25) is 11.5 Å². The van der Waals surface area contributed by atoms with Crippen LogP contribution in [0.3, 0.4) is 0 Å². The maximum atomic E-state index is 12.6. The number of fused-ring (bicyclic) bond motifs is 2. The van der Waals surface area contributed by atoms with Crippen LogP contribution in [0.1, 0.15) is 26.5 Å². The quantitative estimate of drug-likeness (QED) is 0.235. The van der Waals surface area contributed by atoms with E-state index in [-0.39, 0.29) is 23.1 Å². The van der Waals surface area contributed by atoms with Gasteiger partial charge < -0.3 is 13.9 Å². The van der Waals surface area contributed by atoms with Crippen LogP contribution in [0.15, 0.2) is 83.0 Å². The predicted octanol–water partition coefficient (Wildman–Crippen LogP) is 5.92. The number of rotatable bonds is 3. The fourth-order valence-corrected chi connectivity index (χ4v) is 3.38. The van der Waals surface area contributed by atoms with Crippen LogP contribution < -0.4 is 9.47 Å². The number of benzene rings is 3. The van der Waals surface area contributed by atoms with Gasteiger partial charge in [-0.1, -0.05) is 41.9 Å². The Morgan fingerprint density at radius 2 is 1.80 bits per heavy atom. The first-order valence-corrected chi connectivity index (χ1v) is 9.49. The van der Waals surface area contributed by atoms with E-state index >= 15 is 0 Å². The van der Waals surface area contributed by atoms with Gasteiger partial charge in [-0.05, 0) is 48.0 Å². The molecule has 0 atom stereocenters. The number of hydrogen-bond donors (Lipinski definition) is 0. The minimum Gasteiger partial charge on any atom is -0.452 e. The summed E-state index contributed by atoms with van der Waals surface area (Å²) in [6.07, 6.45) is 1.67. The highest BCUT2D eigenvalue weighted by Gasteiger charge is 2.28. The van der Waals surface area contributed by atoms with Crippen molar-refractivity contribution in [1.82, 2.24) is 0 Å². The van der Waals surface area contributed by atoms with Gasteiger partial charge in [-0.3, -0.25) is 4.79 Å². The molecule has 0 bridgehead atoms. The molecule has 0 aliphatic carbocycles. The number of carbonyl (C=O) groups excluding carboxylic acids is 2. The lowest BCUT2D eigenvalue weighted by atomic mass is 10.1. The van der Waals surface area contributed by atoms with E-state index in [1.165, 1.54) is 6.07 Å². The van der Waals surface area contributed by atoms with Gasteiger partial charge in [0.25, 0.3) is 0 Å². The van der Waals surface area contributed by atoms with Gasteiger partial charge in [0.1, 0.15) is 17.1 Å². The summed E-state index contributed by atoms with van der Waals surface area (Å²) in [5.74, 6) is -0.0364. The minimum absolute atomic E-state index is 0.0504. The number of hydrogen-bond acceptors (Lipinski definition) is 5. The lowest BCUT2D eigenvalue weighted by Gasteiger charge is -2.04. The molecule has 5 rings (SSSR count). The second-order valence-corrected chi connectivity index (χ2v) is 7.13. The molecule has 0 fully saturated rings. The minimum atomic E-state index is -0.661. The van der Waals surface area contributed by atoms with E-state index in [4.69, 9.17) is 25.5 Å². The summed E-state index contributed by atoms with van der Waals surface area (Å²) in [6, 6.07) is 20.7. The van der Waals surface area contributed by atoms with Gasteiger partial charge in [-0.25, -0.2) is 4.79 Å². The van der Waals surface area contributed by atoms with Crippen LogP contribution in [-0.2, 0) is 0 Å². The van der Waals surface area contributed by atoms with Crippen LogP contribution >= 0.6 is 11.6 Å². The third-order valence-corrected chi connectivity index (χ3v) is 4.86. The zero-order valence-corrected chi connectivity index (χ0v) is 16.2. The molecule has 3 aromatic carbocycles. The molecule has 1 aliphatic heterocycles. The molecule has 0 saturated carbocycles. The summed E-state index contributed by atoms with van der Waals surface area (Å²) in [5, 5.41) is 1.25. The van der Waals surface area contributed by atoms with E-state index in [1.54, 1.807) is 42.5 Å². The number of allylic oxidation sites excluding steroid dienone is 1. The van der Waals surface area contributed by atoms with Crippen molar-refractivity contribution in [3.05, 3.63) is 100 Å². The molecule has 0 spiro atoms. The third-order valence-electron chi connectivity index (χ3n) is 4.63. The molecule has 6 heteroatoms. The van der Waals surface area contributed by atoms with Gasteiger partial charge in [-0.2, -0.15) is 0 Å². The maximum absolute atomic E-state index is 12.6. The molecular formula is C24H13ClO5. The monoisotopic (exact) mass is 416 g/mol. The molecule has 0 radical (unpaired) electrons. The average Bonchev–Trinajstić information content (AvgIpc) is 3.29. The van der Waals surface area contributed by atoms with E-state index in [0.29, 0.717) is 27.3 Å². The van der Waals surface area contributed by atoms with E-state index in [1.807, 2.05) is 30.3 Å². The Morgan fingerprint density at radius 1 is 0.967 bits per heavy atom. The SMILES string of the molecule is O=C(Oc1ccc2c(c1)O/C(=C\c1ccccc1)C2=O)c1cc2cc(Cl)ccc2o1. The molecule has 0 unspecified atom stereocenters. The molecule has 0 N–H and O–H groups in total. The Morgan fingerprint density at radius 3 is 2.63 bits per heavy atom. The fourth-order valence-electron chi connectivity index (χ4n) is 3.20. The molecule has 2 heterocycles. The van der Waals surface area contributed by atoms with Crippen molar-refractivity contribution >= 4 is 40.4 Å². The lowest BCUT2D eigenvalue weighted by molar-refractivity contribution is 0.0703. The Hall–Kier alpha value is -3.83. The molecule has 4 aromatic rings. The highest BCUT2D eigenvalue weighted by Crippen LogP contribution is 2.35. The van der Waals surface area contributed by atoms with Crippen LogP contribution in [0.5, 0.6) is 11.5 Å². The lowest BCUT2D eigenvalue weighted by Crippen LogP contribution is -2.07. The zero-order valence-electron chi connectivity index (χ0n) is 15.4. The van der Waals surface area contributed by atoms with Crippen LogP contribution in [0.2, 0.25) is 5.02 Å². The number of ketones is 1. The largest absolute Gasteiger partial charge is 0.452 e. The second-order valence-electron chi connectivity index (χ2n) is 6.69. The van der Waals surface area contributed by atoms with E-state index in [2.05, 4.69) is 0 Å². The number of carbonyl (C=O) groups is 2. The highest BCUT2D eigenvalue weighted by molar-refractivity contribution is 6.31. The normalized spacial score (nSPS) is 14.0. The first-order valence-electron chi connectivity index (χ1n) is 9.11. The van der Waals surface area contributed by atoms with Crippen LogP contribution in [0, 0.1) is 0 Å². The number of halogens is 1. The van der Waals surface area contributed by atoms with Crippen molar-refractivity contribution in [3.8, 4) is 11.5 Å². The number of ether oxygens (including phenoxy) is 2. The van der Waals surface area contributed by atoms with Gasteiger partial charge in [0.05, 0.1) is 5.56 Å². The molecule has 0 amide bonds. The summed E-state index contributed by atoms with van der Waals surface area (Å²) in [5.41, 5.74) is 1.80. The smallest absolute Gasteiger partial charge is 0.379 e. The number of furan rings is 1. The van der Waals surface area contributed by atoms with Gasteiger partial charge in [0.15, 0.2) is 5.76 Å². The average molecular weight is 417 g/mol. The molecule has 5 nitrogen and oxygen atoms in total. The summed E-state index contributed by atoms with van der Waals surface area (Å²) in [6.45, 7) is 0. The number of Topliss-reactive ketones (excluding diaryl/α,β-unsaturated/α-hetero) is 1. The van der Waals surface area contributed by atoms with Crippen molar-refractivity contribution < 1.29 is 23.5 Å². The Balaban J connectivity index is 1.38. The van der Waals surface area contributed by atoms with Crippen LogP contribution in [0.25, 0.3) is 17.0 Å². The summed E-state index contributed by atoms with van der Waals surface area (Å²) in [7, 11) is 0. The summed E-state index contributed by atoms with van der Waals surface area (Å²) in [4.78, 5) is 25.0. The van der Waals surface area contributed by atoms with Gasteiger partial charge >= 0.3 is 5.97 Å². The van der Waals surface area contributed by atoms with E-state index < -0.39 is 5.97 Å².